The maximum Gasteiger partial charge on any atom is 0.240 e. The van der Waals surface area contributed by atoms with Gasteiger partial charge in [-0.15, -0.1) is 10.2 Å². The number of pyridine rings is 1. The smallest absolute Gasteiger partial charge is 0.240 e. The highest BCUT2D eigenvalue weighted by atomic mass is 15.2. The van der Waals surface area contributed by atoms with E-state index in [1.807, 2.05) is 19.1 Å². The van der Waals surface area contributed by atoms with Crippen LogP contribution in [0.3, 0.4) is 0 Å². The van der Waals surface area contributed by atoms with E-state index < -0.39 is 0 Å². The first-order chi connectivity index (χ1) is 7.75. The average molecular weight is 216 g/mol. The van der Waals surface area contributed by atoms with Gasteiger partial charge in [0.05, 0.1) is 12.2 Å². The average Bonchev–Trinajstić information content (AvgIpc) is 2.33. The first-order valence-corrected chi connectivity index (χ1v) is 4.87. The third-order valence-electron chi connectivity index (χ3n) is 2.13. The summed E-state index contributed by atoms with van der Waals surface area (Å²) in [5.74, 6) is 0.755. The maximum absolute atomic E-state index is 5.35. The van der Waals surface area contributed by atoms with E-state index in [-0.39, 0.29) is 12.0 Å². The highest BCUT2D eigenvalue weighted by Gasteiger charge is 2.06. The summed E-state index contributed by atoms with van der Waals surface area (Å²) in [4.78, 5) is 7.90. The molecule has 1 atom stereocenters. The fourth-order valence-electron chi connectivity index (χ4n) is 1.29. The molecule has 3 N–H and O–H groups in total. The molecule has 0 saturated carbocycles. The van der Waals surface area contributed by atoms with Crippen molar-refractivity contribution in [1.29, 1.82) is 0 Å². The molecule has 0 aliphatic carbocycles. The molecule has 1 unspecified atom stereocenters. The van der Waals surface area contributed by atoms with Crippen LogP contribution in [-0.4, -0.2) is 20.2 Å². The summed E-state index contributed by atoms with van der Waals surface area (Å²) in [7, 11) is 0. The molecule has 2 rings (SSSR count). The van der Waals surface area contributed by atoms with Gasteiger partial charge in [-0.05, 0) is 18.6 Å². The minimum absolute atomic E-state index is 0.0911. The summed E-state index contributed by atoms with van der Waals surface area (Å²) < 4.78 is 0. The van der Waals surface area contributed by atoms with E-state index in [0.29, 0.717) is 5.82 Å². The van der Waals surface area contributed by atoms with E-state index in [1.54, 1.807) is 18.6 Å². The monoisotopic (exact) mass is 216 g/mol. The Labute approximate surface area is 93.0 Å². The molecule has 2 aromatic heterocycles. The summed E-state index contributed by atoms with van der Waals surface area (Å²) in [6.07, 6.45) is 5.09. The van der Waals surface area contributed by atoms with Crippen molar-refractivity contribution in [3.63, 3.8) is 0 Å². The molecule has 0 spiro atoms. The fraction of sp³-hybridized carbons (Fsp3) is 0.200. The predicted octanol–water partition coefficient (Wildman–Crippen LogP) is 1.02. The van der Waals surface area contributed by atoms with Crippen molar-refractivity contribution >= 4 is 11.8 Å². The number of anilines is 2. The maximum atomic E-state index is 5.35. The summed E-state index contributed by atoms with van der Waals surface area (Å²) >= 11 is 0. The van der Waals surface area contributed by atoms with Crippen LogP contribution in [0.1, 0.15) is 18.5 Å². The van der Waals surface area contributed by atoms with Crippen LogP contribution in [0.4, 0.5) is 11.8 Å². The van der Waals surface area contributed by atoms with E-state index >= 15 is 0 Å². The van der Waals surface area contributed by atoms with Crippen LogP contribution < -0.4 is 11.1 Å². The molecule has 2 heterocycles. The number of nitrogens with two attached hydrogens (primary N) is 1. The van der Waals surface area contributed by atoms with Gasteiger partial charge in [-0.25, -0.2) is 4.98 Å². The Bertz CT molecular complexity index is 441. The third kappa shape index (κ3) is 2.41. The number of hydrogen-bond donors (Lipinski definition) is 2. The second-order valence-electron chi connectivity index (χ2n) is 3.35. The number of nitrogens with zero attached hydrogens (tertiary/aromatic N) is 4. The lowest BCUT2D eigenvalue weighted by Gasteiger charge is -2.13. The van der Waals surface area contributed by atoms with Gasteiger partial charge in [0.2, 0.25) is 5.95 Å². The molecule has 0 saturated heterocycles. The molecule has 0 bridgehead atoms. The molecule has 0 aliphatic heterocycles. The van der Waals surface area contributed by atoms with Crippen LogP contribution in [-0.2, 0) is 0 Å². The van der Waals surface area contributed by atoms with Crippen LogP contribution in [0, 0.1) is 0 Å². The van der Waals surface area contributed by atoms with Crippen molar-refractivity contribution in [2.24, 2.45) is 0 Å². The molecule has 16 heavy (non-hydrogen) atoms. The molecule has 6 heteroatoms. The summed E-state index contributed by atoms with van der Waals surface area (Å²) in [6.45, 7) is 2.01. The van der Waals surface area contributed by atoms with Crippen molar-refractivity contribution < 1.29 is 0 Å². The number of nitrogen functional groups attached to an aromatic ring is 1. The third-order valence-corrected chi connectivity index (χ3v) is 2.13. The van der Waals surface area contributed by atoms with E-state index in [4.69, 9.17) is 5.73 Å². The minimum Gasteiger partial charge on any atom is -0.366 e. The van der Waals surface area contributed by atoms with Gasteiger partial charge in [0, 0.05) is 12.4 Å². The Hall–Kier alpha value is -2.24. The second kappa shape index (κ2) is 4.52. The SMILES string of the molecule is CC(Nc1cnc(N)nn1)c1cccnc1. The van der Waals surface area contributed by atoms with Crippen LogP contribution >= 0.6 is 0 Å². The summed E-state index contributed by atoms with van der Waals surface area (Å²) in [5.41, 5.74) is 6.42. The lowest BCUT2D eigenvalue weighted by atomic mass is 10.1. The van der Waals surface area contributed by atoms with Gasteiger partial charge in [0.25, 0.3) is 0 Å². The van der Waals surface area contributed by atoms with Crippen LogP contribution in [0.2, 0.25) is 0 Å². The molecule has 0 aromatic carbocycles. The summed E-state index contributed by atoms with van der Waals surface area (Å²) in [6, 6.07) is 3.97. The van der Waals surface area contributed by atoms with Crippen molar-refractivity contribution in [1.82, 2.24) is 20.2 Å². The van der Waals surface area contributed by atoms with Crippen molar-refractivity contribution in [3.05, 3.63) is 36.3 Å². The Morgan fingerprint density at radius 3 is 2.81 bits per heavy atom. The van der Waals surface area contributed by atoms with Gasteiger partial charge in [-0.1, -0.05) is 6.07 Å². The number of hydrogen-bond acceptors (Lipinski definition) is 6. The van der Waals surface area contributed by atoms with E-state index in [0.717, 1.165) is 5.56 Å². The molecule has 0 amide bonds. The molecule has 0 fully saturated rings. The normalized spacial score (nSPS) is 12.1. The van der Waals surface area contributed by atoms with E-state index in [2.05, 4.69) is 25.5 Å². The standard InChI is InChI=1S/C10H12N6/c1-7(8-3-2-4-12-5-8)14-9-6-13-10(11)16-15-9/h2-7H,1H3,(H,14,15)(H2,11,13,16). The van der Waals surface area contributed by atoms with Crippen LogP contribution in [0.15, 0.2) is 30.7 Å². The molecule has 0 aliphatic rings. The fourth-order valence-corrected chi connectivity index (χ4v) is 1.29. The summed E-state index contributed by atoms with van der Waals surface area (Å²) in [5, 5.41) is 10.7. The van der Waals surface area contributed by atoms with Gasteiger partial charge >= 0.3 is 0 Å². The number of nitrogens with one attached hydrogen (secondary N) is 1. The zero-order chi connectivity index (χ0) is 11.4. The lowest BCUT2D eigenvalue weighted by Crippen LogP contribution is -2.09. The first kappa shape index (κ1) is 10.3. The number of rotatable bonds is 3. The molecular formula is C10H12N6. The quantitative estimate of drug-likeness (QED) is 0.796. The van der Waals surface area contributed by atoms with Crippen LogP contribution in [0.5, 0.6) is 0 Å². The van der Waals surface area contributed by atoms with Crippen LogP contribution in [0.25, 0.3) is 0 Å². The largest absolute Gasteiger partial charge is 0.366 e. The van der Waals surface area contributed by atoms with Crippen molar-refractivity contribution in [3.8, 4) is 0 Å². The number of aromatic nitrogens is 4. The second-order valence-corrected chi connectivity index (χ2v) is 3.35. The zero-order valence-electron chi connectivity index (χ0n) is 8.83. The molecule has 2 aromatic rings. The van der Waals surface area contributed by atoms with Crippen molar-refractivity contribution in [2.75, 3.05) is 11.1 Å². The van der Waals surface area contributed by atoms with Gasteiger partial charge in [0.15, 0.2) is 5.82 Å². The van der Waals surface area contributed by atoms with Crippen molar-refractivity contribution in [2.45, 2.75) is 13.0 Å². The molecule has 0 radical (unpaired) electrons. The lowest BCUT2D eigenvalue weighted by molar-refractivity contribution is 0.847. The molecule has 82 valence electrons. The van der Waals surface area contributed by atoms with Gasteiger partial charge in [0.1, 0.15) is 0 Å². The highest BCUT2D eigenvalue weighted by Crippen LogP contribution is 2.15. The van der Waals surface area contributed by atoms with E-state index in [1.165, 1.54) is 0 Å². The Balaban J connectivity index is 2.08. The zero-order valence-corrected chi connectivity index (χ0v) is 8.83. The molecule has 6 nitrogen and oxygen atoms in total. The molecular weight excluding hydrogens is 204 g/mol. The Kier molecular flexibility index (Phi) is 2.90. The topological polar surface area (TPSA) is 89.6 Å². The van der Waals surface area contributed by atoms with Gasteiger partial charge in [-0.3, -0.25) is 4.98 Å². The first-order valence-electron chi connectivity index (χ1n) is 4.87. The highest BCUT2D eigenvalue weighted by molar-refractivity contribution is 5.35. The Morgan fingerprint density at radius 2 is 2.19 bits per heavy atom. The predicted molar refractivity (Wildman–Crippen MR) is 60.5 cm³/mol. The minimum atomic E-state index is 0.0911. The Morgan fingerprint density at radius 1 is 1.31 bits per heavy atom. The van der Waals surface area contributed by atoms with E-state index in [9.17, 15) is 0 Å². The van der Waals surface area contributed by atoms with Gasteiger partial charge < -0.3 is 11.1 Å². The van der Waals surface area contributed by atoms with Gasteiger partial charge in [-0.2, -0.15) is 0 Å².